The highest BCUT2D eigenvalue weighted by Gasteiger charge is 2.30. The Morgan fingerprint density at radius 1 is 1.33 bits per heavy atom. The lowest BCUT2D eigenvalue weighted by atomic mass is 9.99. The van der Waals surface area contributed by atoms with Gasteiger partial charge in [0.15, 0.2) is 0 Å². The highest BCUT2D eigenvalue weighted by molar-refractivity contribution is 5.43. The van der Waals surface area contributed by atoms with Gasteiger partial charge in [-0.15, -0.1) is 0 Å². The standard InChI is InChI=1S/C13H19NO/c1-3-5-12-13(14)10-8-9(4-2)6-7-11(10)15-12/h6-8,12-13H,3-5,14H2,1-2H3. The van der Waals surface area contributed by atoms with Gasteiger partial charge >= 0.3 is 0 Å². The lowest BCUT2D eigenvalue weighted by Crippen LogP contribution is -2.24. The van der Waals surface area contributed by atoms with Crippen molar-refractivity contribution in [3.05, 3.63) is 29.3 Å². The molecule has 0 radical (unpaired) electrons. The zero-order valence-corrected chi connectivity index (χ0v) is 9.49. The van der Waals surface area contributed by atoms with E-state index in [1.165, 1.54) is 11.1 Å². The van der Waals surface area contributed by atoms with Crippen molar-refractivity contribution in [1.82, 2.24) is 0 Å². The predicted octanol–water partition coefficient (Wildman–Crippen LogP) is 2.81. The molecule has 2 heteroatoms. The average Bonchev–Trinajstić information content (AvgIpc) is 2.56. The van der Waals surface area contributed by atoms with E-state index in [0.717, 1.165) is 25.0 Å². The molecule has 0 aliphatic carbocycles. The molecule has 2 nitrogen and oxygen atoms in total. The van der Waals surface area contributed by atoms with Crippen LogP contribution >= 0.6 is 0 Å². The van der Waals surface area contributed by atoms with Gasteiger partial charge in [-0.05, 0) is 24.5 Å². The zero-order chi connectivity index (χ0) is 10.8. The van der Waals surface area contributed by atoms with Gasteiger partial charge in [0.25, 0.3) is 0 Å². The Labute approximate surface area is 91.4 Å². The van der Waals surface area contributed by atoms with Gasteiger partial charge in [-0.25, -0.2) is 0 Å². The topological polar surface area (TPSA) is 35.2 Å². The van der Waals surface area contributed by atoms with Gasteiger partial charge in [0, 0.05) is 5.56 Å². The van der Waals surface area contributed by atoms with Crippen LogP contribution in [0.5, 0.6) is 5.75 Å². The first kappa shape index (κ1) is 10.5. The molecule has 0 spiro atoms. The van der Waals surface area contributed by atoms with Crippen LogP contribution in [0.15, 0.2) is 18.2 Å². The normalized spacial score (nSPS) is 23.7. The van der Waals surface area contributed by atoms with E-state index in [1.54, 1.807) is 0 Å². The summed E-state index contributed by atoms with van der Waals surface area (Å²) in [6.07, 6.45) is 3.39. The van der Waals surface area contributed by atoms with Gasteiger partial charge in [-0.1, -0.05) is 32.4 Å². The summed E-state index contributed by atoms with van der Waals surface area (Å²) >= 11 is 0. The van der Waals surface area contributed by atoms with Crippen molar-refractivity contribution in [3.63, 3.8) is 0 Å². The van der Waals surface area contributed by atoms with E-state index < -0.39 is 0 Å². The second kappa shape index (κ2) is 4.23. The number of nitrogens with two attached hydrogens (primary N) is 1. The zero-order valence-electron chi connectivity index (χ0n) is 9.49. The van der Waals surface area contributed by atoms with Crippen LogP contribution in [-0.2, 0) is 6.42 Å². The van der Waals surface area contributed by atoms with Crippen LogP contribution in [0.3, 0.4) is 0 Å². The van der Waals surface area contributed by atoms with Gasteiger partial charge in [0.2, 0.25) is 0 Å². The smallest absolute Gasteiger partial charge is 0.124 e. The monoisotopic (exact) mass is 205 g/mol. The van der Waals surface area contributed by atoms with Crippen LogP contribution in [0.2, 0.25) is 0 Å². The van der Waals surface area contributed by atoms with E-state index in [-0.39, 0.29) is 12.1 Å². The minimum atomic E-state index is 0.0615. The van der Waals surface area contributed by atoms with Crippen LogP contribution in [0.1, 0.15) is 43.9 Å². The number of ether oxygens (including phenoxy) is 1. The fourth-order valence-electron chi connectivity index (χ4n) is 2.15. The van der Waals surface area contributed by atoms with E-state index in [1.807, 2.05) is 0 Å². The molecule has 1 aliphatic heterocycles. The molecule has 82 valence electrons. The van der Waals surface area contributed by atoms with E-state index in [9.17, 15) is 0 Å². The van der Waals surface area contributed by atoms with Crippen LogP contribution < -0.4 is 10.5 Å². The van der Waals surface area contributed by atoms with Crippen molar-refractivity contribution in [2.75, 3.05) is 0 Å². The predicted molar refractivity (Wildman–Crippen MR) is 62.1 cm³/mol. The highest BCUT2D eigenvalue weighted by Crippen LogP contribution is 2.37. The Morgan fingerprint density at radius 3 is 2.80 bits per heavy atom. The molecule has 1 aromatic rings. The van der Waals surface area contributed by atoms with Crippen molar-refractivity contribution >= 4 is 0 Å². The molecule has 2 unspecified atom stereocenters. The molecule has 2 atom stereocenters. The molecule has 0 fully saturated rings. The van der Waals surface area contributed by atoms with Crippen LogP contribution in [0.4, 0.5) is 0 Å². The second-order valence-electron chi connectivity index (χ2n) is 4.20. The van der Waals surface area contributed by atoms with Crippen LogP contribution in [-0.4, -0.2) is 6.10 Å². The molecule has 1 aliphatic rings. The molecule has 0 bridgehead atoms. The van der Waals surface area contributed by atoms with E-state index >= 15 is 0 Å². The Hall–Kier alpha value is -1.02. The average molecular weight is 205 g/mol. The third kappa shape index (κ3) is 1.86. The Bertz CT molecular complexity index is 348. The molecular formula is C13H19NO. The van der Waals surface area contributed by atoms with Crippen molar-refractivity contribution in [2.24, 2.45) is 5.73 Å². The van der Waals surface area contributed by atoms with Crippen molar-refractivity contribution in [1.29, 1.82) is 0 Å². The summed E-state index contributed by atoms with van der Waals surface area (Å²) in [5.74, 6) is 0.984. The molecule has 2 rings (SSSR count). The maximum Gasteiger partial charge on any atom is 0.124 e. The van der Waals surface area contributed by atoms with Gasteiger partial charge in [-0.2, -0.15) is 0 Å². The molecule has 2 N–H and O–H groups in total. The molecule has 1 heterocycles. The second-order valence-corrected chi connectivity index (χ2v) is 4.20. The third-order valence-corrected chi connectivity index (χ3v) is 3.09. The first-order valence-electron chi connectivity index (χ1n) is 5.81. The fraction of sp³-hybridized carbons (Fsp3) is 0.538. The Balaban J connectivity index is 2.25. The van der Waals surface area contributed by atoms with Crippen molar-refractivity contribution < 1.29 is 4.74 Å². The molecule has 0 amide bonds. The molecule has 0 saturated heterocycles. The number of hydrogen-bond acceptors (Lipinski definition) is 2. The molecule has 0 saturated carbocycles. The van der Waals surface area contributed by atoms with E-state index in [4.69, 9.17) is 10.5 Å². The van der Waals surface area contributed by atoms with Crippen LogP contribution in [0, 0.1) is 0 Å². The summed E-state index contributed by atoms with van der Waals surface area (Å²) in [5, 5.41) is 0. The summed E-state index contributed by atoms with van der Waals surface area (Å²) < 4.78 is 5.83. The Morgan fingerprint density at radius 2 is 2.13 bits per heavy atom. The quantitative estimate of drug-likeness (QED) is 0.823. The van der Waals surface area contributed by atoms with Crippen molar-refractivity contribution in [3.8, 4) is 5.75 Å². The minimum Gasteiger partial charge on any atom is -0.488 e. The lowest BCUT2D eigenvalue weighted by Gasteiger charge is -2.13. The minimum absolute atomic E-state index is 0.0615. The first-order chi connectivity index (χ1) is 7.26. The highest BCUT2D eigenvalue weighted by atomic mass is 16.5. The number of rotatable bonds is 3. The summed E-state index contributed by atoms with van der Waals surface area (Å²) in [6.45, 7) is 4.32. The number of benzene rings is 1. The number of hydrogen-bond donors (Lipinski definition) is 1. The first-order valence-corrected chi connectivity index (χ1v) is 5.81. The maximum absolute atomic E-state index is 6.18. The summed E-state index contributed by atoms with van der Waals surface area (Å²) in [4.78, 5) is 0. The molecule has 15 heavy (non-hydrogen) atoms. The third-order valence-electron chi connectivity index (χ3n) is 3.09. The van der Waals surface area contributed by atoms with E-state index in [2.05, 4.69) is 32.0 Å². The largest absolute Gasteiger partial charge is 0.488 e. The van der Waals surface area contributed by atoms with Crippen LogP contribution in [0.25, 0.3) is 0 Å². The van der Waals surface area contributed by atoms with Gasteiger partial charge in [0.1, 0.15) is 11.9 Å². The summed E-state index contributed by atoms with van der Waals surface area (Å²) in [7, 11) is 0. The SMILES string of the molecule is CCCC1Oc2ccc(CC)cc2C1N. The molecular weight excluding hydrogens is 186 g/mol. The summed E-state index contributed by atoms with van der Waals surface area (Å²) in [5.41, 5.74) is 8.70. The number of aryl methyl sites for hydroxylation is 1. The Kier molecular flexibility index (Phi) is 2.96. The maximum atomic E-state index is 6.18. The molecule has 0 aromatic heterocycles. The van der Waals surface area contributed by atoms with Crippen molar-refractivity contribution in [2.45, 2.75) is 45.3 Å². The van der Waals surface area contributed by atoms with Gasteiger partial charge in [0.05, 0.1) is 6.04 Å². The summed E-state index contributed by atoms with van der Waals surface area (Å²) in [6, 6.07) is 6.44. The lowest BCUT2D eigenvalue weighted by molar-refractivity contribution is 0.195. The molecule has 1 aromatic carbocycles. The van der Waals surface area contributed by atoms with Gasteiger partial charge < -0.3 is 10.5 Å². The fourth-order valence-corrected chi connectivity index (χ4v) is 2.15. The van der Waals surface area contributed by atoms with E-state index in [0.29, 0.717) is 0 Å². The number of fused-ring (bicyclic) bond motifs is 1. The van der Waals surface area contributed by atoms with Gasteiger partial charge in [-0.3, -0.25) is 0 Å².